The Kier molecular flexibility index (Phi) is 7.59. The molecule has 4 aromatic heterocycles. The van der Waals surface area contributed by atoms with E-state index in [4.69, 9.17) is 14.7 Å². The number of rotatable bonds is 7. The van der Waals surface area contributed by atoms with Crippen molar-refractivity contribution in [1.82, 2.24) is 28.9 Å². The minimum Gasteiger partial charge on any atom is -0.444 e. The highest BCUT2D eigenvalue weighted by molar-refractivity contribution is 5.68. The van der Waals surface area contributed by atoms with Gasteiger partial charge in [0.05, 0.1) is 31.1 Å². The van der Waals surface area contributed by atoms with Crippen LogP contribution in [0.3, 0.4) is 0 Å². The van der Waals surface area contributed by atoms with Gasteiger partial charge in [-0.15, -0.1) is 0 Å². The van der Waals surface area contributed by atoms with Gasteiger partial charge in [0.25, 0.3) is 0 Å². The number of nitrogens with zero attached hydrogens (tertiary/aromatic N) is 6. The molecule has 1 saturated heterocycles. The van der Waals surface area contributed by atoms with Crippen LogP contribution in [0.15, 0.2) is 36.8 Å². The fourth-order valence-corrected chi connectivity index (χ4v) is 5.02. The van der Waals surface area contributed by atoms with E-state index < -0.39 is 11.7 Å². The van der Waals surface area contributed by atoms with Gasteiger partial charge >= 0.3 is 6.09 Å². The maximum Gasteiger partial charge on any atom is 0.410 e. The van der Waals surface area contributed by atoms with E-state index in [0.29, 0.717) is 31.9 Å². The van der Waals surface area contributed by atoms with Crippen molar-refractivity contribution in [3.8, 4) is 0 Å². The molecule has 0 unspecified atom stereocenters. The van der Waals surface area contributed by atoms with Crippen LogP contribution in [0, 0.1) is 12.8 Å². The molecule has 4 aromatic rings. The Morgan fingerprint density at radius 1 is 1.23 bits per heavy atom. The Morgan fingerprint density at radius 2 is 2.02 bits per heavy atom. The molecule has 40 heavy (non-hydrogen) atoms. The Hall–Kier alpha value is -3.86. The molecule has 11 heteroatoms. The van der Waals surface area contributed by atoms with Crippen LogP contribution in [0.25, 0.3) is 11.3 Å². The maximum absolute atomic E-state index is 12.4. The largest absolute Gasteiger partial charge is 0.444 e. The number of pyridine rings is 1. The van der Waals surface area contributed by atoms with E-state index >= 15 is 0 Å². The first-order valence-electron chi connectivity index (χ1n) is 13.9. The van der Waals surface area contributed by atoms with Gasteiger partial charge in [0.1, 0.15) is 22.9 Å². The lowest BCUT2D eigenvalue weighted by atomic mass is 9.94. The van der Waals surface area contributed by atoms with E-state index in [1.54, 1.807) is 4.90 Å². The number of hydrogen-bond acceptors (Lipinski definition) is 8. The summed E-state index contributed by atoms with van der Waals surface area (Å²) in [5.74, 6) is 1.73. The number of aliphatic hydroxyl groups excluding tert-OH is 1. The zero-order chi connectivity index (χ0) is 28.6. The van der Waals surface area contributed by atoms with Crippen LogP contribution < -0.4 is 10.6 Å². The molecule has 1 amide bonds. The fraction of sp³-hybridized carbons (Fsp3) is 0.517. The van der Waals surface area contributed by atoms with E-state index in [1.807, 2.05) is 60.4 Å². The van der Waals surface area contributed by atoms with Gasteiger partial charge < -0.3 is 29.8 Å². The lowest BCUT2D eigenvalue weighted by molar-refractivity contribution is -0.0104. The summed E-state index contributed by atoms with van der Waals surface area (Å²) in [7, 11) is 0. The molecule has 5 rings (SSSR count). The van der Waals surface area contributed by atoms with Crippen LogP contribution in [0.4, 0.5) is 16.4 Å². The van der Waals surface area contributed by atoms with Gasteiger partial charge in [-0.25, -0.2) is 14.8 Å². The maximum atomic E-state index is 12.4. The molecular formula is C29H40N8O3. The summed E-state index contributed by atoms with van der Waals surface area (Å²) in [6.07, 6.45) is 5.52. The van der Waals surface area contributed by atoms with Crippen molar-refractivity contribution < 1.29 is 14.6 Å². The SMILES string of the molecule is Cc1cccn2cc(CNc3cc(NC[C@H]4CCN(C(=O)OC(C)(C)C)C[C@@H]4O)nc4c(C(C)C)cnn34)nc12. The number of amides is 1. The number of anilines is 2. The number of carbonyl (C=O) groups is 1. The van der Waals surface area contributed by atoms with Crippen molar-refractivity contribution in [2.75, 3.05) is 30.3 Å². The van der Waals surface area contributed by atoms with Crippen molar-refractivity contribution in [2.24, 2.45) is 5.92 Å². The van der Waals surface area contributed by atoms with E-state index in [0.717, 1.165) is 33.9 Å². The van der Waals surface area contributed by atoms with Crippen molar-refractivity contribution in [2.45, 2.75) is 72.1 Å². The topological polar surface area (TPSA) is 121 Å². The second-order valence-electron chi connectivity index (χ2n) is 11.9. The Bertz CT molecular complexity index is 1500. The first kappa shape index (κ1) is 27.7. The average Bonchev–Trinajstić information content (AvgIpc) is 3.50. The van der Waals surface area contributed by atoms with Gasteiger partial charge in [0.15, 0.2) is 5.65 Å². The molecule has 11 nitrogen and oxygen atoms in total. The zero-order valence-electron chi connectivity index (χ0n) is 24.2. The Morgan fingerprint density at radius 3 is 2.73 bits per heavy atom. The number of piperidine rings is 1. The van der Waals surface area contributed by atoms with Gasteiger partial charge in [-0.2, -0.15) is 9.61 Å². The number of ether oxygens (including phenoxy) is 1. The van der Waals surface area contributed by atoms with Crippen LogP contribution in [-0.2, 0) is 11.3 Å². The highest BCUT2D eigenvalue weighted by Gasteiger charge is 2.32. The number of β-amino-alcohol motifs (C(OH)–C–C–N with tert-alkyl or cyclic N) is 1. The summed E-state index contributed by atoms with van der Waals surface area (Å²) in [6.45, 7) is 13.7. The number of hydrogen-bond donors (Lipinski definition) is 3. The van der Waals surface area contributed by atoms with Crippen LogP contribution in [0.1, 0.15) is 63.8 Å². The second-order valence-corrected chi connectivity index (χ2v) is 11.9. The Labute approximate surface area is 234 Å². The summed E-state index contributed by atoms with van der Waals surface area (Å²) in [4.78, 5) is 23.7. The van der Waals surface area contributed by atoms with Crippen LogP contribution in [-0.4, -0.2) is 71.4 Å². The molecule has 2 atom stereocenters. The number of carbonyl (C=O) groups excluding carboxylic acids is 1. The standard InChI is InChI=1S/C29H40N8O3/c1-18(2)22-15-32-37-25(31-14-21-16-35-10-7-8-19(3)26(35)33-21)12-24(34-27(22)37)30-13-20-9-11-36(17-23(20)38)28(39)40-29(4,5)6/h7-8,10,12,15-16,18,20,23,31,38H,9,11,13-14,17H2,1-6H3,(H,30,34)/t20-,23+/m1/s1. The summed E-state index contributed by atoms with van der Waals surface area (Å²) < 4.78 is 9.34. The molecule has 3 N–H and O–H groups in total. The first-order valence-corrected chi connectivity index (χ1v) is 13.9. The molecule has 5 heterocycles. The molecule has 0 spiro atoms. The summed E-state index contributed by atoms with van der Waals surface area (Å²) in [6, 6.07) is 6.01. The van der Waals surface area contributed by atoms with E-state index in [2.05, 4.69) is 42.6 Å². The van der Waals surface area contributed by atoms with Gasteiger partial charge in [0, 0.05) is 43.0 Å². The summed E-state index contributed by atoms with van der Waals surface area (Å²) >= 11 is 0. The third kappa shape index (κ3) is 5.99. The van der Waals surface area contributed by atoms with E-state index in [-0.39, 0.29) is 24.5 Å². The first-order chi connectivity index (χ1) is 19.0. The van der Waals surface area contributed by atoms with Gasteiger partial charge in [-0.05, 0) is 51.7 Å². The number of aliphatic hydroxyl groups is 1. The van der Waals surface area contributed by atoms with Crippen LogP contribution in [0.5, 0.6) is 0 Å². The molecule has 1 aliphatic rings. The molecule has 0 aliphatic carbocycles. The third-order valence-corrected chi connectivity index (χ3v) is 7.22. The monoisotopic (exact) mass is 548 g/mol. The number of fused-ring (bicyclic) bond motifs is 2. The van der Waals surface area contributed by atoms with E-state index in [9.17, 15) is 9.90 Å². The van der Waals surface area contributed by atoms with Crippen molar-refractivity contribution in [1.29, 1.82) is 0 Å². The molecule has 214 valence electrons. The molecule has 0 bridgehead atoms. The van der Waals surface area contributed by atoms with Gasteiger partial charge in [0.2, 0.25) is 0 Å². The quantitative estimate of drug-likeness (QED) is 0.310. The number of aryl methyl sites for hydroxylation is 1. The predicted molar refractivity (Wildman–Crippen MR) is 155 cm³/mol. The minimum atomic E-state index is -0.658. The highest BCUT2D eigenvalue weighted by Crippen LogP contribution is 2.26. The lowest BCUT2D eigenvalue weighted by Crippen LogP contribution is -2.49. The normalized spacial score (nSPS) is 18.1. The second kappa shape index (κ2) is 11.0. The molecule has 0 saturated carbocycles. The van der Waals surface area contributed by atoms with Gasteiger partial charge in [-0.1, -0.05) is 19.9 Å². The number of aromatic nitrogens is 5. The number of nitrogens with one attached hydrogen (secondary N) is 2. The minimum absolute atomic E-state index is 0.0242. The highest BCUT2D eigenvalue weighted by atomic mass is 16.6. The smallest absolute Gasteiger partial charge is 0.410 e. The van der Waals surface area contributed by atoms with E-state index in [1.165, 1.54) is 0 Å². The molecular weight excluding hydrogens is 508 g/mol. The van der Waals surface area contributed by atoms with Crippen molar-refractivity contribution in [3.05, 3.63) is 53.6 Å². The fourth-order valence-electron chi connectivity index (χ4n) is 5.02. The predicted octanol–water partition coefficient (Wildman–Crippen LogP) is 4.45. The molecule has 1 fully saturated rings. The van der Waals surface area contributed by atoms with Crippen LogP contribution >= 0.6 is 0 Å². The molecule has 0 aromatic carbocycles. The zero-order valence-corrected chi connectivity index (χ0v) is 24.2. The molecule has 1 aliphatic heterocycles. The lowest BCUT2D eigenvalue weighted by Gasteiger charge is -2.36. The number of imidazole rings is 1. The van der Waals surface area contributed by atoms with Crippen molar-refractivity contribution in [3.63, 3.8) is 0 Å². The Balaban J connectivity index is 1.30. The summed E-state index contributed by atoms with van der Waals surface area (Å²) in [5, 5.41) is 22.4. The molecule has 0 radical (unpaired) electrons. The third-order valence-electron chi connectivity index (χ3n) is 7.22. The van der Waals surface area contributed by atoms with Crippen molar-refractivity contribution >= 4 is 29.0 Å². The van der Waals surface area contributed by atoms with Crippen LogP contribution in [0.2, 0.25) is 0 Å². The average molecular weight is 549 g/mol. The van der Waals surface area contributed by atoms with Gasteiger partial charge in [-0.3, -0.25) is 0 Å². The number of likely N-dealkylation sites (tertiary alicyclic amines) is 1. The summed E-state index contributed by atoms with van der Waals surface area (Å²) in [5.41, 5.74) is 4.26.